The Kier molecular flexibility index (Phi) is 11.1. The topological polar surface area (TPSA) is 80.7 Å². The predicted molar refractivity (Wildman–Crippen MR) is 136 cm³/mol. The van der Waals surface area contributed by atoms with Crippen molar-refractivity contribution in [3.8, 4) is 0 Å². The van der Waals surface area contributed by atoms with Gasteiger partial charge in [0.25, 0.3) is 10.1 Å². The second kappa shape index (κ2) is 12.3. The highest BCUT2D eigenvalue weighted by atomic mass is 32.2. The fourth-order valence-corrected chi connectivity index (χ4v) is 5.06. The van der Waals surface area contributed by atoms with Gasteiger partial charge >= 0.3 is 5.97 Å². The molecule has 0 amide bonds. The molecule has 0 aromatic heterocycles. The van der Waals surface area contributed by atoms with Crippen LogP contribution in [0.25, 0.3) is 0 Å². The van der Waals surface area contributed by atoms with Crippen molar-refractivity contribution in [3.05, 3.63) is 34.0 Å². The molecule has 0 aromatic rings. The molecule has 0 bridgehead atoms. The Balaban J connectivity index is 3.08. The molecule has 0 aliphatic heterocycles. The highest BCUT2D eigenvalue weighted by Crippen LogP contribution is 2.36. The van der Waals surface area contributed by atoms with Crippen molar-refractivity contribution in [2.24, 2.45) is 41.4 Å². The van der Waals surface area contributed by atoms with Crippen LogP contribution in [0.1, 0.15) is 88.5 Å². The maximum absolute atomic E-state index is 12.9. The Labute approximate surface area is 202 Å². The number of allylic oxidation sites excluding steroid dienone is 6. The molecule has 0 saturated heterocycles. The Morgan fingerprint density at radius 2 is 1.64 bits per heavy atom. The van der Waals surface area contributed by atoms with Crippen molar-refractivity contribution >= 4 is 16.1 Å². The third kappa shape index (κ3) is 9.05. The van der Waals surface area contributed by atoms with E-state index in [-0.39, 0.29) is 35.0 Å². The van der Waals surface area contributed by atoms with Gasteiger partial charge in [0, 0.05) is 12.3 Å². The van der Waals surface area contributed by atoms with Gasteiger partial charge in [-0.1, -0.05) is 80.9 Å². The minimum Gasteiger partial charge on any atom is -0.431 e. The van der Waals surface area contributed by atoms with Gasteiger partial charge in [0.05, 0.1) is 4.91 Å². The van der Waals surface area contributed by atoms with Crippen LogP contribution in [0.4, 0.5) is 0 Å². The summed E-state index contributed by atoms with van der Waals surface area (Å²) in [6.07, 6.45) is 5.31. The fraction of sp³-hybridized carbons (Fsp3) is 0.741. The van der Waals surface area contributed by atoms with Crippen LogP contribution >= 0.6 is 0 Å². The number of hydrogen-bond donors (Lipinski definition) is 1. The van der Waals surface area contributed by atoms with Crippen molar-refractivity contribution in [1.29, 1.82) is 0 Å². The average molecular weight is 483 g/mol. The Hall–Kier alpha value is -1.40. The van der Waals surface area contributed by atoms with Crippen LogP contribution in [0.5, 0.6) is 0 Å². The first kappa shape index (κ1) is 29.6. The lowest BCUT2D eigenvalue weighted by molar-refractivity contribution is -0.141. The number of ether oxygens (including phenoxy) is 1. The third-order valence-corrected chi connectivity index (χ3v) is 7.93. The van der Waals surface area contributed by atoms with Crippen molar-refractivity contribution in [2.75, 3.05) is 0 Å². The summed E-state index contributed by atoms with van der Waals surface area (Å²) in [6.45, 7) is 20.9. The Bertz CT molecular complexity index is 872. The zero-order valence-electron chi connectivity index (χ0n) is 22.3. The third-order valence-electron chi connectivity index (χ3n) is 6.90. The van der Waals surface area contributed by atoms with Gasteiger partial charge in [0.15, 0.2) is 0 Å². The molecule has 1 aliphatic carbocycles. The maximum Gasteiger partial charge on any atom is 0.311 e. The van der Waals surface area contributed by atoms with Gasteiger partial charge in [0.2, 0.25) is 0 Å². The molecule has 1 rings (SSSR count). The second-order valence-electron chi connectivity index (χ2n) is 11.0. The monoisotopic (exact) mass is 482 g/mol. The zero-order valence-corrected chi connectivity index (χ0v) is 23.1. The van der Waals surface area contributed by atoms with Crippen LogP contribution in [-0.4, -0.2) is 18.9 Å². The van der Waals surface area contributed by atoms with Crippen molar-refractivity contribution < 1.29 is 22.5 Å². The summed E-state index contributed by atoms with van der Waals surface area (Å²) < 4.78 is 39.1. The van der Waals surface area contributed by atoms with Crippen LogP contribution in [0.15, 0.2) is 34.0 Å². The summed E-state index contributed by atoms with van der Waals surface area (Å²) in [7, 11) is -4.28. The quantitative estimate of drug-likeness (QED) is 0.192. The second-order valence-corrected chi connectivity index (χ2v) is 12.5. The smallest absolute Gasteiger partial charge is 0.311 e. The molecule has 3 unspecified atom stereocenters. The van der Waals surface area contributed by atoms with E-state index in [1.807, 2.05) is 20.8 Å². The first-order valence-electron chi connectivity index (χ1n) is 12.4. The van der Waals surface area contributed by atoms with Crippen LogP contribution in [0, 0.1) is 41.4 Å². The van der Waals surface area contributed by atoms with E-state index >= 15 is 0 Å². The van der Waals surface area contributed by atoms with E-state index in [4.69, 9.17) is 4.74 Å². The van der Waals surface area contributed by atoms with Gasteiger partial charge in [-0.3, -0.25) is 9.35 Å². The van der Waals surface area contributed by atoms with Crippen LogP contribution in [-0.2, 0) is 19.6 Å². The standard InChI is InChI=1S/C27H46O5S/c1-16(2)20(9)11-22(17(3)4)13-23(18(5)6)14-27(28)32-25-15-24(19(7)8)26(12-21(25)10)33(29,30)31/h11,15-21,23H,12-14H2,1-10H3,(H,29,30,31)/b22-11+. The molecule has 0 spiro atoms. The summed E-state index contributed by atoms with van der Waals surface area (Å²) in [5.74, 6) is 1.73. The largest absolute Gasteiger partial charge is 0.431 e. The fourth-order valence-electron chi connectivity index (χ4n) is 4.01. The molecule has 3 atom stereocenters. The Morgan fingerprint density at radius 3 is 2.06 bits per heavy atom. The summed E-state index contributed by atoms with van der Waals surface area (Å²) in [5.41, 5.74) is 1.89. The number of hydrogen-bond acceptors (Lipinski definition) is 4. The molecule has 0 heterocycles. The lowest BCUT2D eigenvalue weighted by Gasteiger charge is -2.27. The number of rotatable bonds is 11. The van der Waals surface area contributed by atoms with Crippen LogP contribution in [0.2, 0.25) is 0 Å². The van der Waals surface area contributed by atoms with Crippen LogP contribution < -0.4 is 0 Å². The number of esters is 1. The highest BCUT2D eigenvalue weighted by molar-refractivity contribution is 7.89. The molecular weight excluding hydrogens is 436 g/mol. The molecular formula is C27H46O5S. The van der Waals surface area contributed by atoms with E-state index in [0.29, 0.717) is 41.4 Å². The van der Waals surface area contributed by atoms with E-state index in [1.165, 1.54) is 5.57 Å². The summed E-state index contributed by atoms with van der Waals surface area (Å²) in [4.78, 5) is 13.0. The molecule has 0 saturated carbocycles. The van der Waals surface area contributed by atoms with Crippen molar-refractivity contribution in [1.82, 2.24) is 0 Å². The lowest BCUT2D eigenvalue weighted by atomic mass is 9.81. The van der Waals surface area contributed by atoms with Crippen LogP contribution in [0.3, 0.4) is 0 Å². The first-order valence-corrected chi connectivity index (χ1v) is 13.8. The summed E-state index contributed by atoms with van der Waals surface area (Å²) >= 11 is 0. The lowest BCUT2D eigenvalue weighted by Crippen LogP contribution is -2.22. The van der Waals surface area contributed by atoms with Gasteiger partial charge in [-0.05, 0) is 60.0 Å². The van der Waals surface area contributed by atoms with Crippen molar-refractivity contribution in [2.45, 2.75) is 88.5 Å². The number of carbonyl (C=O) groups excluding carboxylic acids is 1. The van der Waals surface area contributed by atoms with E-state index in [1.54, 1.807) is 6.08 Å². The molecule has 190 valence electrons. The summed E-state index contributed by atoms with van der Waals surface area (Å²) in [6, 6.07) is 0. The summed E-state index contributed by atoms with van der Waals surface area (Å²) in [5, 5.41) is 0. The van der Waals surface area contributed by atoms with Crippen molar-refractivity contribution in [3.63, 3.8) is 0 Å². The minimum absolute atomic E-state index is 0.0239. The van der Waals surface area contributed by atoms with E-state index in [0.717, 1.165) is 6.42 Å². The van der Waals surface area contributed by atoms with Gasteiger partial charge in [-0.2, -0.15) is 8.42 Å². The first-order chi connectivity index (χ1) is 15.0. The molecule has 0 aromatic carbocycles. The molecule has 1 aliphatic rings. The average Bonchev–Trinajstić information content (AvgIpc) is 2.66. The van der Waals surface area contributed by atoms with E-state index < -0.39 is 10.1 Å². The molecule has 0 fully saturated rings. The number of carbonyl (C=O) groups is 1. The van der Waals surface area contributed by atoms with Gasteiger partial charge in [-0.15, -0.1) is 0 Å². The van der Waals surface area contributed by atoms with Gasteiger partial charge in [-0.25, -0.2) is 0 Å². The zero-order chi connectivity index (χ0) is 25.7. The minimum atomic E-state index is -4.28. The molecule has 1 N–H and O–H groups in total. The maximum atomic E-state index is 12.9. The SMILES string of the molecule is CC(C)C1=C(S(=O)(=O)O)CC(C)C(OC(=O)CC(C/C(=C\C(C)C(C)C)C(C)C)C(C)C)=C1. The molecule has 6 heteroatoms. The molecule has 33 heavy (non-hydrogen) atoms. The van der Waals surface area contributed by atoms with Gasteiger partial charge in [0.1, 0.15) is 5.76 Å². The Morgan fingerprint density at radius 1 is 1.06 bits per heavy atom. The van der Waals surface area contributed by atoms with E-state index in [9.17, 15) is 17.8 Å². The van der Waals surface area contributed by atoms with Gasteiger partial charge < -0.3 is 4.74 Å². The molecule has 5 nitrogen and oxygen atoms in total. The molecule has 0 radical (unpaired) electrons. The highest BCUT2D eigenvalue weighted by Gasteiger charge is 2.31. The van der Waals surface area contributed by atoms with E-state index in [2.05, 4.69) is 54.5 Å². The predicted octanol–water partition coefficient (Wildman–Crippen LogP) is 7.18. The normalized spacial score (nSPS) is 20.0.